The molecule has 3 rings (SSSR count). The zero-order valence-corrected chi connectivity index (χ0v) is 22.2. The van der Waals surface area contributed by atoms with Crippen LogP contribution in [0.1, 0.15) is 55.4 Å². The summed E-state index contributed by atoms with van der Waals surface area (Å²) in [6, 6.07) is 6.25. The highest BCUT2D eigenvalue weighted by atomic mass is 35.5. The van der Waals surface area contributed by atoms with Gasteiger partial charge in [-0.1, -0.05) is 17.7 Å². The molecule has 2 heterocycles. The van der Waals surface area contributed by atoms with Crippen LogP contribution in [0.15, 0.2) is 30.5 Å². The maximum atomic E-state index is 14.3. The van der Waals surface area contributed by atoms with Gasteiger partial charge in [0.15, 0.2) is 18.0 Å². The number of benzene rings is 1. The Morgan fingerprint density at radius 3 is 2.56 bits per heavy atom. The molecule has 0 N–H and O–H groups in total. The number of hydrogen-bond donors (Lipinski definition) is 0. The standard InChI is InChI=1S/C26H32ClFN3O5/c1-16-11-19(13-29-23(16)24(32)34-6)35-22(18-7-8-20(27)21(28)12-18)15-30-9-10-31(17(2)14-30)25(33)36-26(3,4)5/h7-8,11-13,22H,9-10,14-15H2,1-6H3/q+1/t22-/m1/s1. The highest BCUT2D eigenvalue weighted by molar-refractivity contribution is 6.30. The first-order valence-corrected chi connectivity index (χ1v) is 12.0. The lowest BCUT2D eigenvalue weighted by Gasteiger charge is -2.30. The molecule has 194 valence electrons. The van der Waals surface area contributed by atoms with Crippen molar-refractivity contribution in [2.24, 2.45) is 0 Å². The quantitative estimate of drug-likeness (QED) is 0.399. The van der Waals surface area contributed by atoms with E-state index in [1.165, 1.54) is 25.4 Å². The van der Waals surface area contributed by atoms with Crippen LogP contribution in [-0.4, -0.2) is 71.1 Å². The van der Waals surface area contributed by atoms with Gasteiger partial charge in [-0.15, -0.1) is 4.58 Å². The Balaban J connectivity index is 1.83. The Labute approximate surface area is 215 Å². The molecule has 0 radical (unpaired) electrons. The molecule has 0 saturated carbocycles. The second-order valence-corrected chi connectivity index (χ2v) is 10.1. The summed E-state index contributed by atoms with van der Waals surface area (Å²) >= 11 is 5.90. The van der Waals surface area contributed by atoms with E-state index in [0.717, 1.165) is 5.71 Å². The van der Waals surface area contributed by atoms with Crippen molar-refractivity contribution in [3.8, 4) is 5.75 Å². The lowest BCUT2D eigenvalue weighted by Crippen LogP contribution is -2.48. The third kappa shape index (κ3) is 7.01. The van der Waals surface area contributed by atoms with Gasteiger partial charge in [-0.25, -0.2) is 14.2 Å². The Bertz CT molecular complexity index is 1180. The molecule has 2 aromatic rings. The number of methoxy groups -OCH3 is 1. The summed E-state index contributed by atoms with van der Waals surface area (Å²) in [7, 11) is 1.29. The predicted molar refractivity (Wildman–Crippen MR) is 134 cm³/mol. The summed E-state index contributed by atoms with van der Waals surface area (Å²) in [5, 5.41) is 0.0209. The van der Waals surface area contributed by atoms with E-state index in [-0.39, 0.29) is 16.8 Å². The van der Waals surface area contributed by atoms with Crippen LogP contribution >= 0.6 is 11.6 Å². The minimum Gasteiger partial charge on any atom is -0.483 e. The van der Waals surface area contributed by atoms with Gasteiger partial charge >= 0.3 is 12.1 Å². The molecule has 8 nitrogen and oxygen atoms in total. The fourth-order valence-corrected chi connectivity index (χ4v) is 4.00. The van der Waals surface area contributed by atoms with Crippen LogP contribution in [-0.2, 0) is 9.47 Å². The van der Waals surface area contributed by atoms with Crippen molar-refractivity contribution in [2.45, 2.75) is 46.3 Å². The van der Waals surface area contributed by atoms with Gasteiger partial charge in [0.25, 0.3) is 0 Å². The van der Waals surface area contributed by atoms with Crippen LogP contribution in [0.3, 0.4) is 0 Å². The monoisotopic (exact) mass is 520 g/mol. The van der Waals surface area contributed by atoms with Gasteiger partial charge in [0.2, 0.25) is 0 Å². The molecule has 0 aliphatic carbocycles. The number of halogens is 2. The van der Waals surface area contributed by atoms with Crippen molar-refractivity contribution >= 4 is 29.4 Å². The summed E-state index contributed by atoms with van der Waals surface area (Å²) in [5.74, 6) is -0.659. The number of hydrogen-bond acceptors (Lipinski definition) is 7. The van der Waals surface area contributed by atoms with E-state index in [0.29, 0.717) is 43.1 Å². The molecule has 0 spiro atoms. The lowest BCUT2D eigenvalue weighted by molar-refractivity contribution is -0.458. The molecule has 1 amide bonds. The fourth-order valence-electron chi connectivity index (χ4n) is 3.89. The van der Waals surface area contributed by atoms with Gasteiger partial charge in [0.05, 0.1) is 31.4 Å². The Morgan fingerprint density at radius 1 is 1.25 bits per heavy atom. The number of aryl methyl sites for hydroxylation is 1. The molecule has 1 aromatic heterocycles. The van der Waals surface area contributed by atoms with Gasteiger partial charge < -0.3 is 14.2 Å². The number of carbonyl (C=O) groups excluding carboxylic acids is 2. The van der Waals surface area contributed by atoms with Gasteiger partial charge in [0.1, 0.15) is 23.3 Å². The molecule has 0 fully saturated rings. The van der Waals surface area contributed by atoms with E-state index < -0.39 is 23.5 Å². The summed E-state index contributed by atoms with van der Waals surface area (Å²) < 4.78 is 32.5. The largest absolute Gasteiger partial charge is 0.596 e. The molecular weight excluding hydrogens is 489 g/mol. The molecule has 1 atom stereocenters. The summed E-state index contributed by atoms with van der Waals surface area (Å²) in [5.41, 5.74) is 1.65. The fraction of sp³-hybridized carbons (Fsp3) is 0.462. The number of aromatic nitrogens is 1. The Hall–Kier alpha value is -3.04. The zero-order chi connectivity index (χ0) is 26.6. The van der Waals surface area contributed by atoms with Crippen LogP contribution in [0, 0.1) is 12.7 Å². The zero-order valence-electron chi connectivity index (χ0n) is 21.4. The van der Waals surface area contributed by atoms with Crippen LogP contribution in [0.5, 0.6) is 5.75 Å². The van der Waals surface area contributed by atoms with E-state index >= 15 is 0 Å². The number of esters is 1. The smallest absolute Gasteiger partial charge is 0.483 e. The number of rotatable bonds is 6. The van der Waals surface area contributed by atoms with E-state index in [1.54, 1.807) is 23.6 Å². The minimum atomic E-state index is -0.582. The lowest BCUT2D eigenvalue weighted by atomic mass is 10.1. The van der Waals surface area contributed by atoms with Gasteiger partial charge in [0, 0.05) is 13.5 Å². The van der Waals surface area contributed by atoms with Crippen LogP contribution < -0.4 is 4.74 Å². The number of pyridine rings is 1. The van der Waals surface area contributed by atoms with Crippen molar-refractivity contribution in [3.05, 3.63) is 58.1 Å². The maximum Gasteiger partial charge on any atom is 0.596 e. The first-order valence-electron chi connectivity index (χ1n) is 11.6. The molecule has 36 heavy (non-hydrogen) atoms. The third-order valence-corrected chi connectivity index (χ3v) is 5.92. The van der Waals surface area contributed by atoms with E-state index in [2.05, 4.69) is 9.88 Å². The van der Waals surface area contributed by atoms with E-state index in [9.17, 15) is 14.0 Å². The third-order valence-electron chi connectivity index (χ3n) is 5.62. The molecule has 1 aromatic carbocycles. The SMILES string of the molecule is COC(=O)c1ncc(O[C@H](CN2CC[N+](C(=O)OC(C)(C)C)=C(C)C2)c2ccc(Cl)c(F)c2)cc1C. The Morgan fingerprint density at radius 2 is 1.97 bits per heavy atom. The first-order chi connectivity index (χ1) is 16.9. The van der Waals surface area contributed by atoms with Gasteiger partial charge in [-0.2, -0.15) is 4.79 Å². The van der Waals surface area contributed by atoms with Crippen LogP contribution in [0.4, 0.5) is 9.18 Å². The van der Waals surface area contributed by atoms with Crippen LogP contribution in [0.2, 0.25) is 5.02 Å². The molecular formula is C26H32ClFN3O5+. The van der Waals surface area contributed by atoms with Crippen LogP contribution in [0.25, 0.3) is 0 Å². The molecule has 1 aliphatic heterocycles. The second-order valence-electron chi connectivity index (χ2n) is 9.71. The molecule has 10 heteroatoms. The molecule has 0 bridgehead atoms. The summed E-state index contributed by atoms with van der Waals surface area (Å²) in [6.07, 6.45) is 0.498. The second kappa shape index (κ2) is 11.3. The average molecular weight is 521 g/mol. The summed E-state index contributed by atoms with van der Waals surface area (Å²) in [4.78, 5) is 30.7. The first kappa shape index (κ1) is 27.5. The highest BCUT2D eigenvalue weighted by Crippen LogP contribution is 2.27. The number of ether oxygens (including phenoxy) is 3. The van der Waals surface area contributed by atoms with E-state index in [4.69, 9.17) is 25.8 Å². The normalized spacial score (nSPS) is 15.4. The summed E-state index contributed by atoms with van der Waals surface area (Å²) in [6.45, 7) is 11.1. The van der Waals surface area contributed by atoms with Crippen molar-refractivity contribution in [1.29, 1.82) is 0 Å². The van der Waals surface area contributed by atoms with Crippen molar-refractivity contribution < 1.29 is 32.8 Å². The van der Waals surface area contributed by atoms with Crippen molar-refractivity contribution in [1.82, 2.24) is 9.88 Å². The number of carbonyl (C=O) groups is 2. The highest BCUT2D eigenvalue weighted by Gasteiger charge is 2.33. The van der Waals surface area contributed by atoms with Crippen molar-refractivity contribution in [3.63, 3.8) is 0 Å². The number of amides is 1. The number of nitrogens with zero attached hydrogens (tertiary/aromatic N) is 3. The molecule has 0 saturated heterocycles. The predicted octanol–water partition coefficient (Wildman–Crippen LogP) is 4.81. The maximum absolute atomic E-state index is 14.3. The Kier molecular flexibility index (Phi) is 8.68. The minimum absolute atomic E-state index is 0.0209. The topological polar surface area (TPSA) is 81.0 Å². The van der Waals surface area contributed by atoms with Gasteiger partial charge in [-0.3, -0.25) is 4.90 Å². The van der Waals surface area contributed by atoms with Gasteiger partial charge in [-0.05, 0) is 57.0 Å². The average Bonchev–Trinajstić information content (AvgIpc) is 2.79. The molecule has 1 aliphatic rings. The van der Waals surface area contributed by atoms with E-state index in [1.807, 2.05) is 27.7 Å². The molecule has 0 unspecified atom stereocenters. The van der Waals surface area contributed by atoms with Crippen molar-refractivity contribution in [2.75, 3.05) is 33.3 Å².